The zero-order chi connectivity index (χ0) is 14.9. The van der Waals surface area contributed by atoms with Crippen molar-refractivity contribution < 1.29 is 5.11 Å². The lowest BCUT2D eigenvalue weighted by Crippen LogP contribution is -2.45. The summed E-state index contributed by atoms with van der Waals surface area (Å²) in [6.45, 7) is 8.68. The van der Waals surface area contributed by atoms with Gasteiger partial charge in [0.15, 0.2) is 5.72 Å². The van der Waals surface area contributed by atoms with Crippen molar-refractivity contribution >= 4 is 17.8 Å². The number of aryl methyl sites for hydroxylation is 1. The van der Waals surface area contributed by atoms with E-state index < -0.39 is 5.72 Å². The topological polar surface area (TPSA) is 84.5 Å². The number of anilines is 1. The Bertz CT molecular complexity index is 601. The molecule has 1 unspecified atom stereocenters. The summed E-state index contributed by atoms with van der Waals surface area (Å²) in [6, 6.07) is 2.14. The molecular formula is C14H19N5O. The highest BCUT2D eigenvalue weighted by molar-refractivity contribution is 5.78. The molecule has 1 atom stereocenters. The van der Waals surface area contributed by atoms with Crippen LogP contribution in [-0.4, -0.2) is 34.4 Å². The third kappa shape index (κ3) is 2.00. The maximum atomic E-state index is 10.8. The van der Waals surface area contributed by atoms with Gasteiger partial charge in [-0.15, -0.1) is 0 Å². The lowest BCUT2D eigenvalue weighted by Gasteiger charge is -2.39. The Morgan fingerprint density at radius 3 is 2.75 bits per heavy atom. The molecule has 0 bridgehead atoms. The van der Waals surface area contributed by atoms with Gasteiger partial charge in [0.1, 0.15) is 17.5 Å². The van der Waals surface area contributed by atoms with E-state index in [1.807, 2.05) is 20.8 Å². The van der Waals surface area contributed by atoms with Crippen molar-refractivity contribution in [2.24, 2.45) is 4.99 Å². The van der Waals surface area contributed by atoms with E-state index in [1.165, 1.54) is 0 Å². The van der Waals surface area contributed by atoms with Gasteiger partial charge in [-0.2, -0.15) is 5.26 Å². The summed E-state index contributed by atoms with van der Waals surface area (Å²) in [5.74, 6) is 0.518. The number of nitrogens with zero attached hydrogens (tertiary/aromatic N) is 4. The van der Waals surface area contributed by atoms with Gasteiger partial charge in [0.25, 0.3) is 0 Å². The average Bonchev–Trinajstić information content (AvgIpc) is 2.38. The molecule has 1 aromatic rings. The minimum absolute atomic E-state index is 0.375. The molecule has 0 fully saturated rings. The summed E-state index contributed by atoms with van der Waals surface area (Å²) in [5, 5.41) is 23.2. The summed E-state index contributed by atoms with van der Waals surface area (Å²) < 4.78 is 0. The number of rotatable bonds is 3. The van der Waals surface area contributed by atoms with Crippen molar-refractivity contribution in [2.75, 3.05) is 18.4 Å². The van der Waals surface area contributed by atoms with Crippen LogP contribution in [0.1, 0.15) is 37.6 Å². The van der Waals surface area contributed by atoms with Gasteiger partial charge >= 0.3 is 0 Å². The van der Waals surface area contributed by atoms with Crippen LogP contribution in [-0.2, 0) is 5.72 Å². The molecule has 0 aromatic carbocycles. The van der Waals surface area contributed by atoms with Crippen molar-refractivity contribution in [1.29, 1.82) is 5.26 Å². The van der Waals surface area contributed by atoms with Gasteiger partial charge in [-0.05, 0) is 27.7 Å². The van der Waals surface area contributed by atoms with E-state index in [0.717, 1.165) is 0 Å². The quantitative estimate of drug-likeness (QED) is 0.878. The van der Waals surface area contributed by atoms with E-state index in [0.29, 0.717) is 41.4 Å². The molecule has 2 N–H and O–H groups in total. The normalized spacial score (nSPS) is 20.5. The number of hydrogen-bond acceptors (Lipinski definition) is 6. The molecule has 6 heteroatoms. The van der Waals surface area contributed by atoms with Crippen LogP contribution in [0.4, 0.5) is 11.5 Å². The first-order chi connectivity index (χ1) is 9.47. The first-order valence-electron chi connectivity index (χ1n) is 6.69. The third-order valence-electron chi connectivity index (χ3n) is 3.51. The Morgan fingerprint density at radius 1 is 1.50 bits per heavy atom. The van der Waals surface area contributed by atoms with E-state index in [2.05, 4.69) is 21.4 Å². The Balaban J connectivity index is 2.73. The number of aliphatic imine (C=N–C) groups is 1. The molecule has 1 aromatic heterocycles. The summed E-state index contributed by atoms with van der Waals surface area (Å²) in [5.41, 5.74) is 0.944. The van der Waals surface area contributed by atoms with E-state index in [1.54, 1.807) is 18.2 Å². The van der Waals surface area contributed by atoms with Crippen LogP contribution in [0, 0.1) is 18.3 Å². The average molecular weight is 273 g/mol. The molecule has 20 heavy (non-hydrogen) atoms. The molecular weight excluding hydrogens is 254 g/mol. The fraction of sp³-hybridized carbons (Fsp3) is 0.500. The van der Waals surface area contributed by atoms with Crippen LogP contribution >= 0.6 is 0 Å². The molecule has 0 amide bonds. The number of fused-ring (bicyclic) bond motifs is 1. The molecule has 0 radical (unpaired) electrons. The number of aliphatic hydroxyl groups is 1. The molecule has 2 heterocycles. The van der Waals surface area contributed by atoms with Crippen LogP contribution in [0.15, 0.2) is 4.99 Å². The maximum absolute atomic E-state index is 10.8. The fourth-order valence-electron chi connectivity index (χ4n) is 2.56. The molecule has 106 valence electrons. The SMILES string of the molecule is CCNc1nc(C)c2c(c1C#N)N=CN(CC)C2(C)O. The Kier molecular flexibility index (Phi) is 3.64. The lowest BCUT2D eigenvalue weighted by atomic mass is 9.95. The Morgan fingerprint density at radius 2 is 2.20 bits per heavy atom. The zero-order valence-corrected chi connectivity index (χ0v) is 12.2. The van der Waals surface area contributed by atoms with E-state index >= 15 is 0 Å². The number of aromatic nitrogens is 1. The van der Waals surface area contributed by atoms with Crippen molar-refractivity contribution in [1.82, 2.24) is 9.88 Å². The second-order valence-corrected chi connectivity index (χ2v) is 4.84. The molecule has 0 saturated carbocycles. The minimum Gasteiger partial charge on any atom is -0.369 e. The molecule has 1 aliphatic heterocycles. The van der Waals surface area contributed by atoms with Crippen molar-refractivity contribution in [3.05, 3.63) is 16.8 Å². The van der Waals surface area contributed by atoms with Gasteiger partial charge in [0.05, 0.1) is 17.6 Å². The summed E-state index contributed by atoms with van der Waals surface area (Å²) >= 11 is 0. The summed E-state index contributed by atoms with van der Waals surface area (Å²) in [6.07, 6.45) is 1.58. The van der Waals surface area contributed by atoms with Gasteiger partial charge < -0.3 is 15.3 Å². The molecule has 2 rings (SSSR count). The van der Waals surface area contributed by atoms with Crippen LogP contribution in [0.3, 0.4) is 0 Å². The molecule has 0 spiro atoms. The van der Waals surface area contributed by atoms with Gasteiger partial charge in [-0.3, -0.25) is 0 Å². The Labute approximate surface area is 118 Å². The van der Waals surface area contributed by atoms with E-state index in [9.17, 15) is 10.4 Å². The number of pyridine rings is 1. The maximum Gasteiger partial charge on any atom is 0.166 e. The van der Waals surface area contributed by atoms with Crippen LogP contribution in [0.25, 0.3) is 0 Å². The highest BCUT2D eigenvalue weighted by Crippen LogP contribution is 2.41. The predicted octanol–water partition coefficient (Wildman–Crippen LogP) is 1.85. The minimum atomic E-state index is -1.21. The second kappa shape index (κ2) is 5.10. The van der Waals surface area contributed by atoms with E-state index in [4.69, 9.17) is 0 Å². The summed E-state index contributed by atoms with van der Waals surface area (Å²) in [4.78, 5) is 10.5. The Hall–Kier alpha value is -2.13. The van der Waals surface area contributed by atoms with Crippen molar-refractivity contribution in [3.8, 4) is 6.07 Å². The standard InChI is InChI=1S/C14H19N5O/c1-5-16-13-10(7-15)12-11(9(3)18-13)14(4,20)19(6-2)8-17-12/h8,20H,5-6H2,1-4H3,(H,16,18). The van der Waals surface area contributed by atoms with Gasteiger partial charge in [0, 0.05) is 18.8 Å². The van der Waals surface area contributed by atoms with Crippen LogP contribution in [0.5, 0.6) is 0 Å². The second-order valence-electron chi connectivity index (χ2n) is 4.84. The fourth-order valence-corrected chi connectivity index (χ4v) is 2.56. The first kappa shape index (κ1) is 14.3. The van der Waals surface area contributed by atoms with Crippen LogP contribution < -0.4 is 5.32 Å². The zero-order valence-electron chi connectivity index (χ0n) is 12.2. The predicted molar refractivity (Wildman–Crippen MR) is 78.0 cm³/mol. The first-order valence-corrected chi connectivity index (χ1v) is 6.69. The number of nitriles is 1. The highest BCUT2D eigenvalue weighted by Gasteiger charge is 2.38. The monoisotopic (exact) mass is 273 g/mol. The van der Waals surface area contributed by atoms with Gasteiger partial charge in [0.2, 0.25) is 0 Å². The van der Waals surface area contributed by atoms with Crippen molar-refractivity contribution in [3.63, 3.8) is 0 Å². The number of nitrogens with one attached hydrogen (secondary N) is 1. The van der Waals surface area contributed by atoms with Crippen molar-refractivity contribution in [2.45, 2.75) is 33.4 Å². The van der Waals surface area contributed by atoms with E-state index in [-0.39, 0.29) is 0 Å². The third-order valence-corrected chi connectivity index (χ3v) is 3.51. The largest absolute Gasteiger partial charge is 0.369 e. The van der Waals surface area contributed by atoms with Crippen LogP contribution in [0.2, 0.25) is 0 Å². The smallest absolute Gasteiger partial charge is 0.166 e. The number of hydrogen-bond donors (Lipinski definition) is 2. The molecule has 1 aliphatic rings. The van der Waals surface area contributed by atoms with Gasteiger partial charge in [-0.1, -0.05) is 0 Å². The molecule has 0 aliphatic carbocycles. The van der Waals surface area contributed by atoms with Gasteiger partial charge in [-0.25, -0.2) is 9.98 Å². The lowest BCUT2D eigenvalue weighted by molar-refractivity contribution is -0.0563. The molecule has 0 saturated heterocycles. The summed E-state index contributed by atoms with van der Waals surface area (Å²) in [7, 11) is 0. The molecule has 6 nitrogen and oxygen atoms in total. The highest BCUT2D eigenvalue weighted by atomic mass is 16.3.